The van der Waals surface area contributed by atoms with Crippen molar-refractivity contribution in [1.29, 1.82) is 0 Å². The number of nitrogens with one attached hydrogen (secondary N) is 1. The van der Waals surface area contributed by atoms with Crippen molar-refractivity contribution in [2.24, 2.45) is 0 Å². The molecular weight excluding hydrogens is 356 g/mol. The topological polar surface area (TPSA) is 67.9 Å². The number of rotatable bonds is 8. The van der Waals surface area contributed by atoms with E-state index in [4.69, 9.17) is 9.47 Å². The van der Waals surface area contributed by atoms with Gasteiger partial charge in [-0.05, 0) is 36.6 Å². The van der Waals surface area contributed by atoms with Crippen molar-refractivity contribution in [2.75, 3.05) is 6.79 Å². The van der Waals surface area contributed by atoms with E-state index in [1.165, 1.54) is 0 Å². The molecular formula is C22H26N2O4. The van der Waals surface area contributed by atoms with Crippen LogP contribution in [0.1, 0.15) is 37.8 Å². The summed E-state index contributed by atoms with van der Waals surface area (Å²) in [4.78, 5) is 27.0. The summed E-state index contributed by atoms with van der Waals surface area (Å²) in [6, 6.07) is 14.7. The van der Waals surface area contributed by atoms with Gasteiger partial charge in [-0.25, -0.2) is 0 Å². The SMILES string of the molecule is CCCC(=O)N(Cc1ccccc1)[C@H](C)C(=O)NCc1ccc2c(c1)OCO2. The molecule has 0 fully saturated rings. The maximum Gasteiger partial charge on any atom is 0.242 e. The van der Waals surface area contributed by atoms with Crippen LogP contribution in [0.25, 0.3) is 0 Å². The lowest BCUT2D eigenvalue weighted by atomic mass is 10.1. The van der Waals surface area contributed by atoms with Crippen LogP contribution < -0.4 is 14.8 Å². The number of ether oxygens (including phenoxy) is 2. The summed E-state index contributed by atoms with van der Waals surface area (Å²) in [5, 5.41) is 2.92. The molecule has 148 valence electrons. The van der Waals surface area contributed by atoms with Gasteiger partial charge in [0.25, 0.3) is 0 Å². The zero-order valence-electron chi connectivity index (χ0n) is 16.3. The Bertz CT molecular complexity index is 823. The minimum atomic E-state index is -0.562. The fourth-order valence-corrected chi connectivity index (χ4v) is 3.11. The molecule has 2 amide bonds. The van der Waals surface area contributed by atoms with Gasteiger partial charge in [-0.15, -0.1) is 0 Å². The summed E-state index contributed by atoms with van der Waals surface area (Å²) < 4.78 is 10.7. The lowest BCUT2D eigenvalue weighted by Gasteiger charge is -2.28. The highest BCUT2D eigenvalue weighted by Crippen LogP contribution is 2.32. The van der Waals surface area contributed by atoms with E-state index in [9.17, 15) is 9.59 Å². The second-order valence-corrected chi connectivity index (χ2v) is 6.84. The number of hydrogen-bond donors (Lipinski definition) is 1. The molecule has 0 radical (unpaired) electrons. The van der Waals surface area contributed by atoms with Gasteiger partial charge in [0, 0.05) is 19.5 Å². The summed E-state index contributed by atoms with van der Waals surface area (Å²) in [6.07, 6.45) is 1.17. The van der Waals surface area contributed by atoms with Gasteiger partial charge in [0.2, 0.25) is 18.6 Å². The molecule has 2 aromatic rings. The molecule has 1 aliphatic heterocycles. The van der Waals surface area contributed by atoms with E-state index in [-0.39, 0.29) is 18.6 Å². The first kappa shape index (κ1) is 19.7. The first-order valence-electron chi connectivity index (χ1n) is 9.58. The smallest absolute Gasteiger partial charge is 0.242 e. The quantitative estimate of drug-likeness (QED) is 0.761. The lowest BCUT2D eigenvalue weighted by Crippen LogP contribution is -2.47. The minimum Gasteiger partial charge on any atom is -0.454 e. The number of benzene rings is 2. The van der Waals surface area contributed by atoms with Crippen molar-refractivity contribution in [1.82, 2.24) is 10.2 Å². The summed E-state index contributed by atoms with van der Waals surface area (Å²) in [5.74, 6) is 1.20. The Morgan fingerprint density at radius 1 is 1.07 bits per heavy atom. The van der Waals surface area contributed by atoms with Crippen molar-refractivity contribution in [3.8, 4) is 11.5 Å². The molecule has 28 heavy (non-hydrogen) atoms. The Morgan fingerprint density at radius 2 is 1.82 bits per heavy atom. The van der Waals surface area contributed by atoms with Crippen LogP contribution in [0.5, 0.6) is 11.5 Å². The van der Waals surface area contributed by atoms with Crippen molar-refractivity contribution in [3.63, 3.8) is 0 Å². The maximum absolute atomic E-state index is 12.7. The Morgan fingerprint density at radius 3 is 2.57 bits per heavy atom. The van der Waals surface area contributed by atoms with E-state index >= 15 is 0 Å². The van der Waals surface area contributed by atoms with Gasteiger partial charge in [0.1, 0.15) is 6.04 Å². The fourth-order valence-electron chi connectivity index (χ4n) is 3.11. The van der Waals surface area contributed by atoms with E-state index in [0.29, 0.717) is 31.0 Å². The van der Waals surface area contributed by atoms with Gasteiger partial charge in [0.05, 0.1) is 0 Å². The normalized spacial score (nSPS) is 13.1. The largest absolute Gasteiger partial charge is 0.454 e. The molecule has 2 aromatic carbocycles. The van der Waals surface area contributed by atoms with E-state index in [2.05, 4.69) is 5.32 Å². The van der Waals surface area contributed by atoms with Gasteiger partial charge in [-0.1, -0.05) is 43.3 Å². The first-order valence-corrected chi connectivity index (χ1v) is 9.58. The van der Waals surface area contributed by atoms with E-state index in [1.54, 1.807) is 11.8 Å². The molecule has 1 heterocycles. The Kier molecular flexibility index (Phi) is 6.53. The number of carbonyl (C=O) groups excluding carboxylic acids is 2. The monoisotopic (exact) mass is 382 g/mol. The second kappa shape index (κ2) is 9.26. The van der Waals surface area contributed by atoms with Crippen LogP contribution in [0.4, 0.5) is 0 Å². The highest BCUT2D eigenvalue weighted by atomic mass is 16.7. The highest BCUT2D eigenvalue weighted by molar-refractivity contribution is 5.87. The third-order valence-corrected chi connectivity index (χ3v) is 4.73. The maximum atomic E-state index is 12.7. The third kappa shape index (κ3) is 4.82. The number of fused-ring (bicyclic) bond motifs is 1. The van der Waals surface area contributed by atoms with Crippen molar-refractivity contribution in [2.45, 2.75) is 45.8 Å². The molecule has 3 rings (SSSR count). The number of hydrogen-bond acceptors (Lipinski definition) is 4. The summed E-state index contributed by atoms with van der Waals surface area (Å²) >= 11 is 0. The molecule has 0 saturated carbocycles. The van der Waals surface area contributed by atoms with Crippen LogP contribution in [0.2, 0.25) is 0 Å². The molecule has 0 aromatic heterocycles. The molecule has 6 nitrogen and oxygen atoms in total. The molecule has 0 spiro atoms. The molecule has 0 bridgehead atoms. The van der Waals surface area contributed by atoms with Gasteiger partial charge < -0.3 is 19.7 Å². The van der Waals surface area contributed by atoms with Gasteiger partial charge in [0.15, 0.2) is 11.5 Å². The van der Waals surface area contributed by atoms with Crippen molar-refractivity contribution in [3.05, 3.63) is 59.7 Å². The molecule has 6 heteroatoms. The molecule has 0 aliphatic carbocycles. The Labute approximate surface area is 165 Å². The van der Waals surface area contributed by atoms with Crippen LogP contribution in [-0.2, 0) is 22.7 Å². The van der Waals surface area contributed by atoms with Crippen molar-refractivity contribution >= 4 is 11.8 Å². The van der Waals surface area contributed by atoms with Crippen molar-refractivity contribution < 1.29 is 19.1 Å². The Hall–Kier alpha value is -3.02. The van der Waals surface area contributed by atoms with Gasteiger partial charge in [-0.2, -0.15) is 0 Å². The number of carbonyl (C=O) groups is 2. The summed E-state index contributed by atoms with van der Waals surface area (Å²) in [6.45, 7) is 4.73. The summed E-state index contributed by atoms with van der Waals surface area (Å²) in [7, 11) is 0. The van der Waals surface area contributed by atoms with E-state index < -0.39 is 6.04 Å². The van der Waals surface area contributed by atoms with Crippen LogP contribution >= 0.6 is 0 Å². The molecule has 0 unspecified atom stereocenters. The number of nitrogens with zero attached hydrogens (tertiary/aromatic N) is 1. The van der Waals surface area contributed by atoms with E-state index in [1.807, 2.05) is 55.5 Å². The van der Waals surface area contributed by atoms with Crippen LogP contribution in [0.15, 0.2) is 48.5 Å². The average molecular weight is 382 g/mol. The first-order chi connectivity index (χ1) is 13.6. The second-order valence-electron chi connectivity index (χ2n) is 6.84. The molecule has 0 saturated heterocycles. The van der Waals surface area contributed by atoms with Crippen LogP contribution in [-0.4, -0.2) is 29.5 Å². The van der Waals surface area contributed by atoms with Crippen LogP contribution in [0.3, 0.4) is 0 Å². The standard InChI is InChI=1S/C22H26N2O4/c1-3-7-21(25)24(14-17-8-5-4-6-9-17)16(2)22(26)23-13-18-10-11-19-20(12-18)28-15-27-19/h4-6,8-12,16H,3,7,13-15H2,1-2H3,(H,23,26)/t16-/m1/s1. The molecule has 1 N–H and O–H groups in total. The minimum absolute atomic E-state index is 0.0166. The predicted molar refractivity (Wildman–Crippen MR) is 106 cm³/mol. The highest BCUT2D eigenvalue weighted by Gasteiger charge is 2.25. The zero-order valence-corrected chi connectivity index (χ0v) is 16.3. The van der Waals surface area contributed by atoms with Gasteiger partial charge in [-0.3, -0.25) is 9.59 Å². The molecule has 1 atom stereocenters. The summed E-state index contributed by atoms with van der Waals surface area (Å²) in [5.41, 5.74) is 1.92. The third-order valence-electron chi connectivity index (χ3n) is 4.73. The fraction of sp³-hybridized carbons (Fsp3) is 0.364. The average Bonchev–Trinajstić information content (AvgIpc) is 3.18. The van der Waals surface area contributed by atoms with Crippen LogP contribution in [0, 0.1) is 0 Å². The van der Waals surface area contributed by atoms with E-state index in [0.717, 1.165) is 17.5 Å². The predicted octanol–water partition coefficient (Wildman–Crippen LogP) is 3.25. The zero-order chi connectivity index (χ0) is 19.9. The molecule has 1 aliphatic rings. The van der Waals surface area contributed by atoms with Gasteiger partial charge >= 0.3 is 0 Å². The Balaban J connectivity index is 1.64. The number of amides is 2. The lowest BCUT2D eigenvalue weighted by molar-refractivity contribution is -0.140.